The number of rotatable bonds is 1. The zero-order chi connectivity index (χ0) is 13.3. The standard InChI is InChI=1S/C9H10Cl2O.2C2H6/c1-5-4-7(10)6(2)8(11)9(5)12-3;2*1-2/h4H,1-3H3;2*1-2H3. The number of hydrogen-bond acceptors (Lipinski definition) is 1. The van der Waals surface area contributed by atoms with Crippen LogP contribution in [0.5, 0.6) is 5.75 Å². The highest BCUT2D eigenvalue weighted by molar-refractivity contribution is 6.37. The zero-order valence-electron chi connectivity index (χ0n) is 11.2. The molecule has 0 bridgehead atoms. The highest BCUT2D eigenvalue weighted by Gasteiger charge is 2.10. The summed E-state index contributed by atoms with van der Waals surface area (Å²) in [5.74, 6) is 0.707. The molecule has 94 valence electrons. The van der Waals surface area contributed by atoms with Crippen LogP contribution in [0.25, 0.3) is 0 Å². The van der Waals surface area contributed by atoms with Crippen LogP contribution in [0.1, 0.15) is 38.8 Å². The third-order valence-electron chi connectivity index (χ3n) is 1.79. The molecule has 0 spiro atoms. The SMILES string of the molecule is CC.CC.COc1c(C)cc(Cl)c(C)c1Cl. The smallest absolute Gasteiger partial charge is 0.140 e. The first-order valence-corrected chi connectivity index (χ1v) is 6.32. The van der Waals surface area contributed by atoms with E-state index < -0.39 is 0 Å². The van der Waals surface area contributed by atoms with Gasteiger partial charge in [-0.3, -0.25) is 0 Å². The lowest BCUT2D eigenvalue weighted by atomic mass is 10.1. The van der Waals surface area contributed by atoms with E-state index >= 15 is 0 Å². The molecule has 0 saturated heterocycles. The molecular weight excluding hydrogens is 243 g/mol. The molecule has 0 aliphatic carbocycles. The van der Waals surface area contributed by atoms with E-state index in [1.807, 2.05) is 47.6 Å². The average molecular weight is 265 g/mol. The molecule has 1 aromatic carbocycles. The molecule has 0 aliphatic rings. The van der Waals surface area contributed by atoms with Crippen molar-refractivity contribution in [1.29, 1.82) is 0 Å². The van der Waals surface area contributed by atoms with Gasteiger partial charge in [0, 0.05) is 5.02 Å². The van der Waals surface area contributed by atoms with E-state index in [4.69, 9.17) is 27.9 Å². The molecule has 0 aliphatic heterocycles. The fourth-order valence-electron chi connectivity index (χ4n) is 1.06. The largest absolute Gasteiger partial charge is 0.495 e. The Balaban J connectivity index is 0. The second-order valence-corrected chi connectivity index (χ2v) is 3.43. The Bertz CT molecular complexity index is 309. The molecule has 0 unspecified atom stereocenters. The van der Waals surface area contributed by atoms with Crippen LogP contribution in [0.2, 0.25) is 10.0 Å². The number of ether oxygens (including phenoxy) is 1. The van der Waals surface area contributed by atoms with E-state index in [-0.39, 0.29) is 0 Å². The molecule has 0 saturated carbocycles. The predicted octanol–water partition coefficient (Wildman–Crippen LogP) is 5.67. The lowest BCUT2D eigenvalue weighted by Gasteiger charge is -2.10. The molecule has 1 rings (SSSR count). The maximum atomic E-state index is 5.99. The van der Waals surface area contributed by atoms with Gasteiger partial charge in [0.1, 0.15) is 5.75 Å². The van der Waals surface area contributed by atoms with Gasteiger partial charge in [-0.05, 0) is 31.0 Å². The van der Waals surface area contributed by atoms with Crippen LogP contribution >= 0.6 is 23.2 Å². The summed E-state index contributed by atoms with van der Waals surface area (Å²) in [5.41, 5.74) is 1.82. The molecule has 3 heteroatoms. The summed E-state index contributed by atoms with van der Waals surface area (Å²) in [6.07, 6.45) is 0. The fourth-order valence-corrected chi connectivity index (χ4v) is 1.70. The Labute approximate surface area is 110 Å². The lowest BCUT2D eigenvalue weighted by Crippen LogP contribution is -1.91. The van der Waals surface area contributed by atoms with Gasteiger partial charge >= 0.3 is 0 Å². The third kappa shape index (κ3) is 4.63. The minimum atomic E-state index is 0.600. The number of halogens is 2. The van der Waals surface area contributed by atoms with Crippen LogP contribution in [-0.4, -0.2) is 7.11 Å². The highest BCUT2D eigenvalue weighted by atomic mass is 35.5. The lowest BCUT2D eigenvalue weighted by molar-refractivity contribution is 0.411. The van der Waals surface area contributed by atoms with Gasteiger partial charge in [-0.2, -0.15) is 0 Å². The first-order chi connectivity index (χ1) is 7.57. The van der Waals surface area contributed by atoms with Crippen molar-refractivity contribution in [1.82, 2.24) is 0 Å². The monoisotopic (exact) mass is 264 g/mol. The Kier molecular flexibility index (Phi) is 11.0. The summed E-state index contributed by atoms with van der Waals surface area (Å²) >= 11 is 11.9. The molecule has 1 nitrogen and oxygen atoms in total. The van der Waals surface area contributed by atoms with Crippen LogP contribution < -0.4 is 4.74 Å². The maximum absolute atomic E-state index is 5.99. The summed E-state index contributed by atoms with van der Waals surface area (Å²) in [4.78, 5) is 0. The topological polar surface area (TPSA) is 9.23 Å². The molecule has 0 radical (unpaired) electrons. The maximum Gasteiger partial charge on any atom is 0.140 e. The Morgan fingerprint density at radius 3 is 1.81 bits per heavy atom. The number of hydrogen-bond donors (Lipinski definition) is 0. The molecule has 0 atom stereocenters. The van der Waals surface area contributed by atoms with Crippen molar-refractivity contribution in [3.8, 4) is 5.75 Å². The average Bonchev–Trinajstić information content (AvgIpc) is 2.32. The number of benzene rings is 1. The van der Waals surface area contributed by atoms with Gasteiger partial charge in [-0.1, -0.05) is 50.9 Å². The Morgan fingerprint density at radius 2 is 1.44 bits per heavy atom. The van der Waals surface area contributed by atoms with Crippen molar-refractivity contribution in [3.05, 3.63) is 27.2 Å². The minimum Gasteiger partial charge on any atom is -0.495 e. The van der Waals surface area contributed by atoms with E-state index in [2.05, 4.69) is 0 Å². The van der Waals surface area contributed by atoms with Gasteiger partial charge in [-0.15, -0.1) is 0 Å². The molecule has 0 heterocycles. The van der Waals surface area contributed by atoms with E-state index in [1.165, 1.54) is 0 Å². The van der Waals surface area contributed by atoms with Crippen molar-refractivity contribution in [3.63, 3.8) is 0 Å². The summed E-state index contributed by atoms with van der Waals surface area (Å²) in [6, 6.07) is 1.85. The highest BCUT2D eigenvalue weighted by Crippen LogP contribution is 2.35. The number of methoxy groups -OCH3 is 1. The molecule has 0 fully saturated rings. The first-order valence-electron chi connectivity index (χ1n) is 5.57. The Morgan fingerprint density at radius 1 is 1.00 bits per heavy atom. The van der Waals surface area contributed by atoms with E-state index in [1.54, 1.807) is 7.11 Å². The van der Waals surface area contributed by atoms with Crippen LogP contribution in [0.3, 0.4) is 0 Å². The van der Waals surface area contributed by atoms with E-state index in [9.17, 15) is 0 Å². The van der Waals surface area contributed by atoms with Crippen molar-refractivity contribution in [2.75, 3.05) is 7.11 Å². The van der Waals surface area contributed by atoms with Crippen molar-refractivity contribution >= 4 is 23.2 Å². The summed E-state index contributed by atoms with van der Waals surface area (Å²) in [5, 5.41) is 1.28. The van der Waals surface area contributed by atoms with Crippen molar-refractivity contribution in [2.45, 2.75) is 41.5 Å². The van der Waals surface area contributed by atoms with E-state index in [0.29, 0.717) is 15.8 Å². The van der Waals surface area contributed by atoms with Crippen LogP contribution in [0, 0.1) is 13.8 Å². The first kappa shape index (κ1) is 18.0. The summed E-state index contributed by atoms with van der Waals surface area (Å²) < 4.78 is 5.12. The minimum absolute atomic E-state index is 0.600. The third-order valence-corrected chi connectivity index (χ3v) is 2.64. The summed E-state index contributed by atoms with van der Waals surface area (Å²) in [7, 11) is 1.60. The number of aryl methyl sites for hydroxylation is 1. The van der Waals surface area contributed by atoms with Gasteiger partial charge in [0.25, 0.3) is 0 Å². The van der Waals surface area contributed by atoms with Gasteiger partial charge < -0.3 is 4.74 Å². The van der Waals surface area contributed by atoms with Gasteiger partial charge in [0.2, 0.25) is 0 Å². The van der Waals surface area contributed by atoms with Crippen molar-refractivity contribution < 1.29 is 4.74 Å². The van der Waals surface area contributed by atoms with Crippen LogP contribution in [0.4, 0.5) is 0 Å². The predicted molar refractivity (Wildman–Crippen MR) is 75.2 cm³/mol. The van der Waals surface area contributed by atoms with Gasteiger partial charge in [0.15, 0.2) is 0 Å². The normalized spacial score (nSPS) is 8.31. The molecule has 16 heavy (non-hydrogen) atoms. The molecule has 0 aromatic heterocycles. The molecular formula is C13H22Cl2O. The quantitative estimate of drug-likeness (QED) is 0.635. The second-order valence-electron chi connectivity index (χ2n) is 2.65. The zero-order valence-corrected chi connectivity index (χ0v) is 12.8. The van der Waals surface area contributed by atoms with Crippen LogP contribution in [-0.2, 0) is 0 Å². The fraction of sp³-hybridized carbons (Fsp3) is 0.538. The summed E-state index contributed by atoms with van der Waals surface area (Å²) in [6.45, 7) is 11.8. The molecule has 0 amide bonds. The molecule has 0 N–H and O–H groups in total. The van der Waals surface area contributed by atoms with Gasteiger partial charge in [0.05, 0.1) is 12.1 Å². The van der Waals surface area contributed by atoms with Crippen LogP contribution in [0.15, 0.2) is 6.07 Å². The second kappa shape index (κ2) is 9.80. The van der Waals surface area contributed by atoms with E-state index in [0.717, 1.165) is 11.1 Å². The van der Waals surface area contributed by atoms with Crippen molar-refractivity contribution in [2.24, 2.45) is 0 Å². The van der Waals surface area contributed by atoms with Gasteiger partial charge in [-0.25, -0.2) is 0 Å². The molecule has 1 aromatic rings. The Hall–Kier alpha value is -0.400.